The Morgan fingerprint density at radius 3 is 2.61 bits per heavy atom. The van der Waals surface area contributed by atoms with E-state index in [1.165, 1.54) is 12.8 Å². The largest absolute Gasteiger partial charge is 0.388 e. The van der Waals surface area contributed by atoms with E-state index in [2.05, 4.69) is 9.80 Å². The Hall–Kier alpha value is -1.39. The van der Waals surface area contributed by atoms with Gasteiger partial charge in [-0.2, -0.15) is 0 Å². The van der Waals surface area contributed by atoms with Gasteiger partial charge in [-0.1, -0.05) is 30.3 Å². The number of hydrogen-bond donors (Lipinski definition) is 1. The maximum atomic E-state index is 12.7. The second-order valence-electron chi connectivity index (χ2n) is 7.26. The molecule has 1 saturated carbocycles. The molecule has 3 atom stereocenters. The van der Waals surface area contributed by atoms with E-state index in [1.54, 1.807) is 0 Å². The van der Waals surface area contributed by atoms with Gasteiger partial charge in [0.15, 0.2) is 0 Å². The van der Waals surface area contributed by atoms with Crippen LogP contribution in [0.4, 0.5) is 0 Å². The first kappa shape index (κ1) is 15.2. The molecule has 1 aliphatic carbocycles. The van der Waals surface area contributed by atoms with Gasteiger partial charge >= 0.3 is 0 Å². The number of carbonyl (C=O) groups excluding carboxylic acids is 1. The Kier molecular flexibility index (Phi) is 4.12. The van der Waals surface area contributed by atoms with Gasteiger partial charge in [0, 0.05) is 18.6 Å². The lowest BCUT2D eigenvalue weighted by atomic mass is 9.99. The highest BCUT2D eigenvalue weighted by molar-refractivity contribution is 5.84. The van der Waals surface area contributed by atoms with E-state index in [1.807, 2.05) is 30.3 Å². The number of carbonyl (C=O) groups is 1. The molecule has 23 heavy (non-hydrogen) atoms. The van der Waals surface area contributed by atoms with Crippen molar-refractivity contribution in [1.29, 1.82) is 0 Å². The van der Waals surface area contributed by atoms with Crippen LogP contribution in [0.15, 0.2) is 30.3 Å². The predicted molar refractivity (Wildman–Crippen MR) is 88.9 cm³/mol. The monoisotopic (exact) mass is 314 g/mol. The lowest BCUT2D eigenvalue weighted by Crippen LogP contribution is -2.45. The third kappa shape index (κ3) is 3.02. The van der Waals surface area contributed by atoms with Gasteiger partial charge in [0.25, 0.3) is 0 Å². The zero-order valence-electron chi connectivity index (χ0n) is 13.6. The Balaban J connectivity index is 1.41. The SMILES string of the molecule is O=C1C(N2CCCC2CC(O)c2ccccc2)CCN1C1CC1. The summed E-state index contributed by atoms with van der Waals surface area (Å²) in [6.45, 7) is 1.93. The van der Waals surface area contributed by atoms with E-state index in [-0.39, 0.29) is 6.04 Å². The van der Waals surface area contributed by atoms with Crippen LogP contribution in [0.2, 0.25) is 0 Å². The van der Waals surface area contributed by atoms with Crippen LogP contribution >= 0.6 is 0 Å². The summed E-state index contributed by atoms with van der Waals surface area (Å²) < 4.78 is 0. The number of aliphatic hydroxyl groups is 1. The van der Waals surface area contributed by atoms with Crippen LogP contribution in [0.25, 0.3) is 0 Å². The Bertz CT molecular complexity index is 558. The van der Waals surface area contributed by atoms with Crippen LogP contribution in [0.3, 0.4) is 0 Å². The fourth-order valence-corrected chi connectivity index (χ4v) is 4.33. The van der Waals surface area contributed by atoms with Gasteiger partial charge in [-0.25, -0.2) is 0 Å². The van der Waals surface area contributed by atoms with Gasteiger partial charge in [0.1, 0.15) is 0 Å². The quantitative estimate of drug-likeness (QED) is 0.907. The molecule has 3 unspecified atom stereocenters. The lowest BCUT2D eigenvalue weighted by molar-refractivity contribution is -0.133. The molecule has 3 aliphatic rings. The van der Waals surface area contributed by atoms with Crippen molar-refractivity contribution in [1.82, 2.24) is 9.80 Å². The maximum Gasteiger partial charge on any atom is 0.240 e. The van der Waals surface area contributed by atoms with Crippen LogP contribution in [-0.4, -0.2) is 52.0 Å². The molecule has 2 aliphatic heterocycles. The van der Waals surface area contributed by atoms with E-state index >= 15 is 0 Å². The second-order valence-corrected chi connectivity index (χ2v) is 7.26. The number of aliphatic hydroxyl groups excluding tert-OH is 1. The van der Waals surface area contributed by atoms with Crippen LogP contribution < -0.4 is 0 Å². The van der Waals surface area contributed by atoms with Crippen molar-refractivity contribution < 1.29 is 9.90 Å². The highest BCUT2D eigenvalue weighted by atomic mass is 16.3. The van der Waals surface area contributed by atoms with Gasteiger partial charge < -0.3 is 10.0 Å². The third-order valence-electron chi connectivity index (χ3n) is 5.70. The molecule has 3 fully saturated rings. The highest BCUT2D eigenvalue weighted by Gasteiger charge is 2.45. The van der Waals surface area contributed by atoms with Crippen molar-refractivity contribution in [3.05, 3.63) is 35.9 Å². The van der Waals surface area contributed by atoms with Gasteiger partial charge in [-0.15, -0.1) is 0 Å². The molecule has 0 spiro atoms. The average molecular weight is 314 g/mol. The summed E-state index contributed by atoms with van der Waals surface area (Å²) in [6, 6.07) is 10.8. The minimum absolute atomic E-state index is 0.0612. The Morgan fingerprint density at radius 1 is 1.09 bits per heavy atom. The van der Waals surface area contributed by atoms with E-state index in [9.17, 15) is 9.90 Å². The number of benzene rings is 1. The minimum atomic E-state index is -0.433. The lowest BCUT2D eigenvalue weighted by Gasteiger charge is -2.31. The van der Waals surface area contributed by atoms with E-state index in [0.29, 0.717) is 18.0 Å². The molecule has 1 aromatic rings. The zero-order valence-corrected chi connectivity index (χ0v) is 13.6. The number of rotatable bonds is 5. The van der Waals surface area contributed by atoms with Crippen molar-refractivity contribution in [2.45, 2.75) is 62.8 Å². The zero-order chi connectivity index (χ0) is 15.8. The molecular formula is C19H26N2O2. The normalized spacial score (nSPS) is 30.1. The summed E-state index contributed by atoms with van der Waals surface area (Å²) in [5, 5.41) is 10.5. The number of nitrogens with zero attached hydrogens (tertiary/aromatic N) is 2. The van der Waals surface area contributed by atoms with Crippen LogP contribution in [0.1, 0.15) is 50.2 Å². The van der Waals surface area contributed by atoms with Gasteiger partial charge in [0.2, 0.25) is 5.91 Å². The van der Waals surface area contributed by atoms with Crippen molar-refractivity contribution in [2.75, 3.05) is 13.1 Å². The highest BCUT2D eigenvalue weighted by Crippen LogP contribution is 2.35. The summed E-state index contributed by atoms with van der Waals surface area (Å²) >= 11 is 0. The van der Waals surface area contributed by atoms with E-state index in [4.69, 9.17) is 0 Å². The fraction of sp³-hybridized carbons (Fsp3) is 0.632. The minimum Gasteiger partial charge on any atom is -0.388 e. The molecule has 4 rings (SSSR count). The van der Waals surface area contributed by atoms with Crippen molar-refractivity contribution in [3.63, 3.8) is 0 Å². The molecular weight excluding hydrogens is 288 g/mol. The molecule has 2 heterocycles. The van der Waals surface area contributed by atoms with Crippen LogP contribution in [-0.2, 0) is 4.79 Å². The number of likely N-dealkylation sites (tertiary alicyclic amines) is 2. The standard InChI is InChI=1S/C19H26N2O2/c22-18(14-5-2-1-3-6-14)13-16-7-4-11-20(16)17-10-12-21(19(17)23)15-8-9-15/h1-3,5-6,15-18,22H,4,7-13H2. The molecule has 4 nitrogen and oxygen atoms in total. The van der Waals surface area contributed by atoms with Crippen molar-refractivity contribution in [2.24, 2.45) is 0 Å². The van der Waals surface area contributed by atoms with Crippen LogP contribution in [0, 0.1) is 0 Å². The molecule has 2 saturated heterocycles. The average Bonchev–Trinajstić information content (AvgIpc) is 3.20. The van der Waals surface area contributed by atoms with Gasteiger partial charge in [-0.3, -0.25) is 9.69 Å². The third-order valence-corrected chi connectivity index (χ3v) is 5.70. The Labute approximate surface area is 138 Å². The first-order valence-corrected chi connectivity index (χ1v) is 9.03. The van der Waals surface area contributed by atoms with Gasteiger partial charge in [-0.05, 0) is 50.6 Å². The van der Waals surface area contributed by atoms with Crippen molar-refractivity contribution in [3.8, 4) is 0 Å². The molecule has 1 amide bonds. The molecule has 4 heteroatoms. The Morgan fingerprint density at radius 2 is 1.87 bits per heavy atom. The summed E-state index contributed by atoms with van der Waals surface area (Å²) in [7, 11) is 0. The summed E-state index contributed by atoms with van der Waals surface area (Å²) in [5.41, 5.74) is 0.983. The fourth-order valence-electron chi connectivity index (χ4n) is 4.33. The first-order valence-electron chi connectivity index (χ1n) is 9.03. The molecule has 0 bridgehead atoms. The molecule has 0 aromatic heterocycles. The summed E-state index contributed by atoms with van der Waals surface area (Å²) in [6.07, 6.45) is 5.88. The van der Waals surface area contributed by atoms with Crippen molar-refractivity contribution >= 4 is 5.91 Å². The number of amides is 1. The van der Waals surface area contributed by atoms with E-state index < -0.39 is 6.10 Å². The molecule has 1 N–H and O–H groups in total. The predicted octanol–water partition coefficient (Wildman–Crippen LogP) is 2.34. The summed E-state index contributed by atoms with van der Waals surface area (Å²) in [5.74, 6) is 0.341. The van der Waals surface area contributed by atoms with Gasteiger partial charge in [0.05, 0.1) is 12.1 Å². The summed E-state index contributed by atoms with van der Waals surface area (Å²) in [4.78, 5) is 17.2. The topological polar surface area (TPSA) is 43.8 Å². The van der Waals surface area contributed by atoms with Crippen LogP contribution in [0.5, 0.6) is 0 Å². The molecule has 124 valence electrons. The number of hydrogen-bond acceptors (Lipinski definition) is 3. The van der Waals surface area contributed by atoms with E-state index in [0.717, 1.165) is 44.3 Å². The molecule has 1 aromatic carbocycles. The maximum absolute atomic E-state index is 12.7. The second kappa shape index (κ2) is 6.25. The first-order chi connectivity index (χ1) is 11.2. The smallest absolute Gasteiger partial charge is 0.240 e. The molecule has 0 radical (unpaired) electrons.